The molecule has 2 atom stereocenters. The number of nitrogens with two attached hydrogens (primary N) is 1. The van der Waals surface area contributed by atoms with Gasteiger partial charge >= 0.3 is 0 Å². The van der Waals surface area contributed by atoms with Crippen LogP contribution in [0, 0.1) is 11.8 Å². The van der Waals surface area contributed by atoms with E-state index in [1.165, 1.54) is 44.9 Å². The molecule has 2 unspecified atom stereocenters. The van der Waals surface area contributed by atoms with Crippen LogP contribution in [-0.4, -0.2) is 6.04 Å². The van der Waals surface area contributed by atoms with Crippen LogP contribution in [0.3, 0.4) is 0 Å². The number of benzene rings is 1. The van der Waals surface area contributed by atoms with Crippen molar-refractivity contribution in [3.8, 4) is 0 Å². The van der Waals surface area contributed by atoms with Gasteiger partial charge in [0.15, 0.2) is 0 Å². The van der Waals surface area contributed by atoms with E-state index >= 15 is 0 Å². The molecule has 0 saturated heterocycles. The lowest BCUT2D eigenvalue weighted by Gasteiger charge is -2.32. The molecule has 2 aliphatic carbocycles. The van der Waals surface area contributed by atoms with Gasteiger partial charge in [0.05, 0.1) is 0 Å². The molecule has 2 aliphatic rings. The van der Waals surface area contributed by atoms with Crippen molar-refractivity contribution in [2.75, 3.05) is 0 Å². The lowest BCUT2D eigenvalue weighted by Crippen LogP contribution is -2.39. The van der Waals surface area contributed by atoms with Gasteiger partial charge in [-0.05, 0) is 55.1 Å². The molecule has 92 valence electrons. The maximum atomic E-state index is 6.51. The fourth-order valence-electron chi connectivity index (χ4n) is 3.78. The first kappa shape index (κ1) is 11.3. The molecule has 0 amide bonds. The average molecular weight is 229 g/mol. The van der Waals surface area contributed by atoms with Gasteiger partial charge in [-0.3, -0.25) is 0 Å². The predicted molar refractivity (Wildman–Crippen MR) is 71.9 cm³/mol. The molecule has 3 rings (SSSR count). The monoisotopic (exact) mass is 229 g/mol. The first-order valence-electron chi connectivity index (χ1n) is 7.17. The smallest absolute Gasteiger partial charge is 0.00989 e. The Morgan fingerprint density at radius 2 is 1.65 bits per heavy atom. The largest absolute Gasteiger partial charge is 0.327 e. The molecule has 0 spiro atoms. The van der Waals surface area contributed by atoms with E-state index in [1.807, 2.05) is 0 Å². The van der Waals surface area contributed by atoms with Crippen LogP contribution in [0.25, 0.3) is 0 Å². The van der Waals surface area contributed by atoms with Gasteiger partial charge in [-0.1, -0.05) is 37.1 Å². The van der Waals surface area contributed by atoms with E-state index in [0.29, 0.717) is 6.04 Å². The summed E-state index contributed by atoms with van der Waals surface area (Å²) in [5, 5.41) is 0. The van der Waals surface area contributed by atoms with Crippen LogP contribution in [0.5, 0.6) is 0 Å². The van der Waals surface area contributed by atoms with E-state index < -0.39 is 0 Å². The van der Waals surface area contributed by atoms with E-state index in [-0.39, 0.29) is 0 Å². The first-order valence-corrected chi connectivity index (χ1v) is 7.17. The molecular formula is C16H23N. The van der Waals surface area contributed by atoms with E-state index in [9.17, 15) is 0 Å². The lowest BCUT2D eigenvalue weighted by molar-refractivity contribution is 0.286. The molecule has 1 aromatic rings. The first-order chi connectivity index (χ1) is 8.34. The normalized spacial score (nSPS) is 26.8. The Morgan fingerprint density at radius 1 is 0.941 bits per heavy atom. The zero-order chi connectivity index (χ0) is 11.7. The summed E-state index contributed by atoms with van der Waals surface area (Å²) in [6, 6.07) is 9.36. The predicted octanol–water partition coefficient (Wildman–Crippen LogP) is 3.31. The molecule has 2 N–H and O–H groups in total. The van der Waals surface area contributed by atoms with Gasteiger partial charge in [0.1, 0.15) is 0 Å². The second-order valence-electron chi connectivity index (χ2n) is 5.89. The van der Waals surface area contributed by atoms with Crippen molar-refractivity contribution >= 4 is 0 Å². The van der Waals surface area contributed by atoms with E-state index in [2.05, 4.69) is 24.3 Å². The molecule has 0 aliphatic heterocycles. The second kappa shape index (κ2) is 4.81. The Kier molecular flexibility index (Phi) is 3.19. The zero-order valence-corrected chi connectivity index (χ0v) is 10.6. The third-order valence-electron chi connectivity index (χ3n) is 4.87. The van der Waals surface area contributed by atoms with Gasteiger partial charge in [0, 0.05) is 6.04 Å². The molecule has 0 bridgehead atoms. The Hall–Kier alpha value is -0.820. The number of rotatable bonds is 2. The molecule has 0 radical (unpaired) electrons. The summed E-state index contributed by atoms with van der Waals surface area (Å²) in [6.07, 6.45) is 9.31. The van der Waals surface area contributed by atoms with Crippen molar-refractivity contribution in [2.45, 2.75) is 51.0 Å². The molecule has 1 nitrogen and oxygen atoms in total. The molecule has 0 heterocycles. The van der Waals surface area contributed by atoms with E-state index in [4.69, 9.17) is 5.73 Å². The van der Waals surface area contributed by atoms with Gasteiger partial charge in [-0.25, -0.2) is 0 Å². The molecular weight excluding hydrogens is 206 g/mol. The van der Waals surface area contributed by atoms with Gasteiger partial charge in [0.2, 0.25) is 0 Å². The van der Waals surface area contributed by atoms with Crippen molar-refractivity contribution < 1.29 is 0 Å². The Morgan fingerprint density at radius 3 is 2.41 bits per heavy atom. The highest BCUT2D eigenvalue weighted by Crippen LogP contribution is 2.35. The maximum Gasteiger partial charge on any atom is 0.00989 e. The van der Waals surface area contributed by atoms with Gasteiger partial charge in [-0.2, -0.15) is 0 Å². The highest BCUT2D eigenvalue weighted by Gasteiger charge is 2.30. The van der Waals surface area contributed by atoms with Crippen LogP contribution >= 0.6 is 0 Å². The van der Waals surface area contributed by atoms with Crippen LogP contribution in [0.1, 0.15) is 43.2 Å². The standard InChI is InChI=1S/C16H23N/c17-16(13-6-2-3-7-13)15-10-9-12-5-1-4-8-14(12)11-15/h1,4-5,8,13,15-16H,2-3,6-7,9-11,17H2. The van der Waals surface area contributed by atoms with Crippen LogP contribution in [0.15, 0.2) is 24.3 Å². The summed E-state index contributed by atoms with van der Waals surface area (Å²) in [5.41, 5.74) is 9.62. The molecule has 1 saturated carbocycles. The molecule has 17 heavy (non-hydrogen) atoms. The van der Waals surface area contributed by atoms with Crippen LogP contribution in [0.4, 0.5) is 0 Å². The maximum absolute atomic E-state index is 6.51. The minimum absolute atomic E-state index is 0.450. The van der Waals surface area contributed by atoms with Crippen molar-refractivity contribution in [2.24, 2.45) is 17.6 Å². The van der Waals surface area contributed by atoms with Crippen molar-refractivity contribution in [3.05, 3.63) is 35.4 Å². The van der Waals surface area contributed by atoms with E-state index in [1.54, 1.807) is 11.1 Å². The second-order valence-corrected chi connectivity index (χ2v) is 5.89. The van der Waals surface area contributed by atoms with Gasteiger partial charge < -0.3 is 5.73 Å². The average Bonchev–Trinajstić information content (AvgIpc) is 2.91. The highest BCUT2D eigenvalue weighted by molar-refractivity contribution is 5.30. The van der Waals surface area contributed by atoms with E-state index in [0.717, 1.165) is 11.8 Å². The number of aryl methyl sites for hydroxylation is 1. The van der Waals surface area contributed by atoms with Crippen molar-refractivity contribution in [1.29, 1.82) is 0 Å². The highest BCUT2D eigenvalue weighted by atomic mass is 14.7. The van der Waals surface area contributed by atoms with Gasteiger partial charge in [-0.15, -0.1) is 0 Å². The number of fused-ring (bicyclic) bond motifs is 1. The van der Waals surface area contributed by atoms with Crippen molar-refractivity contribution in [1.82, 2.24) is 0 Å². The summed E-state index contributed by atoms with van der Waals surface area (Å²) in [4.78, 5) is 0. The molecule has 1 fully saturated rings. The third kappa shape index (κ3) is 2.26. The Balaban J connectivity index is 1.70. The Labute approximate surface area is 104 Å². The Bertz CT molecular complexity index is 379. The zero-order valence-electron chi connectivity index (χ0n) is 10.6. The summed E-state index contributed by atoms with van der Waals surface area (Å²) in [5.74, 6) is 1.54. The van der Waals surface area contributed by atoms with Gasteiger partial charge in [0.25, 0.3) is 0 Å². The SMILES string of the molecule is NC(C1CCCC1)C1CCc2ccccc2C1. The quantitative estimate of drug-likeness (QED) is 0.827. The molecule has 1 heteroatoms. The summed E-state index contributed by atoms with van der Waals surface area (Å²) >= 11 is 0. The van der Waals surface area contributed by atoms with Crippen LogP contribution < -0.4 is 5.73 Å². The molecule has 0 aromatic heterocycles. The number of hydrogen-bond donors (Lipinski definition) is 1. The molecule has 1 aromatic carbocycles. The van der Waals surface area contributed by atoms with Crippen LogP contribution in [0.2, 0.25) is 0 Å². The van der Waals surface area contributed by atoms with Crippen molar-refractivity contribution in [3.63, 3.8) is 0 Å². The number of hydrogen-bond acceptors (Lipinski definition) is 1. The fourth-order valence-corrected chi connectivity index (χ4v) is 3.78. The fraction of sp³-hybridized carbons (Fsp3) is 0.625. The van der Waals surface area contributed by atoms with Crippen LogP contribution in [-0.2, 0) is 12.8 Å². The summed E-state index contributed by atoms with van der Waals surface area (Å²) in [6.45, 7) is 0. The third-order valence-corrected chi connectivity index (χ3v) is 4.87. The summed E-state index contributed by atoms with van der Waals surface area (Å²) < 4.78 is 0. The summed E-state index contributed by atoms with van der Waals surface area (Å²) in [7, 11) is 0. The minimum atomic E-state index is 0.450. The lowest BCUT2D eigenvalue weighted by atomic mass is 9.76. The topological polar surface area (TPSA) is 26.0 Å². The minimum Gasteiger partial charge on any atom is -0.327 e.